The summed E-state index contributed by atoms with van der Waals surface area (Å²) in [6, 6.07) is 9.16. The average Bonchev–Trinajstić information content (AvgIpc) is 2.99. The lowest BCUT2D eigenvalue weighted by atomic mass is 9.62. The van der Waals surface area contributed by atoms with Crippen LogP contribution in [0.1, 0.15) is 79.1 Å². The maximum Gasteiger partial charge on any atom is 0.181 e. The molecular formula is C24H38O2S. The molecule has 0 amide bonds. The molecule has 0 bridgehead atoms. The van der Waals surface area contributed by atoms with Crippen molar-refractivity contribution >= 4 is 9.84 Å². The highest BCUT2D eigenvalue weighted by molar-refractivity contribution is 7.92. The number of hydrogen-bond donors (Lipinski definition) is 0. The van der Waals surface area contributed by atoms with E-state index in [1.165, 1.54) is 32.1 Å². The van der Waals surface area contributed by atoms with Crippen molar-refractivity contribution in [3.05, 3.63) is 30.3 Å². The van der Waals surface area contributed by atoms with Crippen LogP contribution in [0.5, 0.6) is 0 Å². The summed E-state index contributed by atoms with van der Waals surface area (Å²) < 4.78 is 26.8. The highest BCUT2D eigenvalue weighted by atomic mass is 32.2. The van der Waals surface area contributed by atoms with Gasteiger partial charge in [-0.25, -0.2) is 8.42 Å². The van der Waals surface area contributed by atoms with E-state index < -0.39 is 9.84 Å². The second kappa shape index (κ2) is 8.27. The SMILES string of the molecule is CC(C)CCC[C@@H](C)[C@H]1CC[C@H]2[C@@H](S(=O)(=O)c3ccccc3)CCC[C@]12C. The van der Waals surface area contributed by atoms with E-state index in [4.69, 9.17) is 0 Å². The van der Waals surface area contributed by atoms with E-state index in [0.29, 0.717) is 22.6 Å². The molecule has 3 rings (SSSR count). The van der Waals surface area contributed by atoms with Gasteiger partial charge in [0.15, 0.2) is 9.84 Å². The molecule has 2 nitrogen and oxygen atoms in total. The van der Waals surface area contributed by atoms with Crippen molar-refractivity contribution in [3.8, 4) is 0 Å². The Morgan fingerprint density at radius 1 is 1.04 bits per heavy atom. The summed E-state index contributed by atoms with van der Waals surface area (Å²) in [6.45, 7) is 9.45. The van der Waals surface area contributed by atoms with Crippen LogP contribution in [-0.4, -0.2) is 13.7 Å². The molecule has 3 heteroatoms. The fraction of sp³-hybridized carbons (Fsp3) is 0.750. The quantitative estimate of drug-likeness (QED) is 0.532. The average molecular weight is 391 g/mol. The molecule has 152 valence electrons. The van der Waals surface area contributed by atoms with Gasteiger partial charge in [-0.05, 0) is 66.9 Å². The Balaban J connectivity index is 1.78. The van der Waals surface area contributed by atoms with E-state index in [1.54, 1.807) is 12.1 Å². The Kier molecular flexibility index (Phi) is 6.40. The van der Waals surface area contributed by atoms with E-state index in [2.05, 4.69) is 27.7 Å². The smallest absolute Gasteiger partial charge is 0.181 e. The van der Waals surface area contributed by atoms with Gasteiger partial charge in [-0.1, -0.05) is 71.6 Å². The van der Waals surface area contributed by atoms with E-state index in [1.807, 2.05) is 18.2 Å². The van der Waals surface area contributed by atoms with Crippen molar-refractivity contribution in [3.63, 3.8) is 0 Å². The molecule has 2 fully saturated rings. The zero-order valence-electron chi connectivity index (χ0n) is 17.7. The normalized spacial score (nSPS) is 32.4. The van der Waals surface area contributed by atoms with Gasteiger partial charge >= 0.3 is 0 Å². The lowest BCUT2D eigenvalue weighted by Gasteiger charge is -2.46. The molecule has 0 radical (unpaired) electrons. The first-order chi connectivity index (χ1) is 12.8. The molecular weight excluding hydrogens is 352 g/mol. The van der Waals surface area contributed by atoms with Crippen molar-refractivity contribution in [1.82, 2.24) is 0 Å². The molecule has 27 heavy (non-hydrogen) atoms. The van der Waals surface area contributed by atoms with Crippen LogP contribution in [0.2, 0.25) is 0 Å². The Bertz CT molecular complexity index is 709. The second-order valence-corrected chi connectivity index (χ2v) is 12.1. The summed E-state index contributed by atoms with van der Waals surface area (Å²) in [4.78, 5) is 0.521. The Morgan fingerprint density at radius 2 is 1.74 bits per heavy atom. The minimum absolute atomic E-state index is 0.188. The number of hydrogen-bond acceptors (Lipinski definition) is 2. The van der Waals surface area contributed by atoms with Crippen molar-refractivity contribution in [2.75, 3.05) is 0 Å². The van der Waals surface area contributed by atoms with Gasteiger partial charge in [-0.15, -0.1) is 0 Å². The Hall–Kier alpha value is -0.830. The standard InChI is InChI=1S/C24H38O2S/c1-18(2)10-8-11-19(3)21-15-16-22-23(14-9-17-24(21,22)4)27(25,26)20-12-6-5-7-13-20/h5-7,12-13,18-19,21-23H,8-11,14-17H2,1-4H3/t19-,21-,22+,23+,24-/m1/s1. The van der Waals surface area contributed by atoms with Gasteiger partial charge in [0, 0.05) is 0 Å². The summed E-state index contributed by atoms with van der Waals surface area (Å²) in [5.74, 6) is 2.49. The van der Waals surface area contributed by atoms with E-state index in [0.717, 1.165) is 25.2 Å². The molecule has 0 aromatic heterocycles. The Labute approximate surface area is 167 Å². The van der Waals surface area contributed by atoms with Gasteiger partial charge in [0.2, 0.25) is 0 Å². The first-order valence-electron chi connectivity index (χ1n) is 11.1. The molecule has 0 unspecified atom stereocenters. The van der Waals surface area contributed by atoms with Gasteiger partial charge in [0.1, 0.15) is 0 Å². The maximum atomic E-state index is 13.4. The lowest BCUT2D eigenvalue weighted by molar-refractivity contribution is 0.0682. The van der Waals surface area contributed by atoms with Crippen LogP contribution >= 0.6 is 0 Å². The topological polar surface area (TPSA) is 34.1 Å². The van der Waals surface area contributed by atoms with Crippen LogP contribution in [0.15, 0.2) is 35.2 Å². The lowest BCUT2D eigenvalue weighted by Crippen LogP contribution is -2.44. The summed E-state index contributed by atoms with van der Waals surface area (Å²) in [5, 5.41) is -0.188. The fourth-order valence-electron chi connectivity index (χ4n) is 6.30. The molecule has 5 atom stereocenters. The van der Waals surface area contributed by atoms with Gasteiger partial charge in [0.25, 0.3) is 0 Å². The first kappa shape index (κ1) is 20.9. The maximum absolute atomic E-state index is 13.4. The van der Waals surface area contributed by atoms with Gasteiger partial charge in [0.05, 0.1) is 10.1 Å². The van der Waals surface area contributed by atoms with Crippen molar-refractivity contribution < 1.29 is 8.42 Å². The van der Waals surface area contributed by atoms with Crippen molar-refractivity contribution in [2.24, 2.45) is 29.1 Å². The molecule has 0 heterocycles. The molecule has 1 aromatic rings. The monoisotopic (exact) mass is 390 g/mol. The molecule has 0 aliphatic heterocycles. The number of sulfone groups is 1. The largest absolute Gasteiger partial charge is 0.223 e. The Morgan fingerprint density at radius 3 is 2.41 bits per heavy atom. The number of benzene rings is 1. The highest BCUT2D eigenvalue weighted by Crippen LogP contribution is 2.59. The van der Waals surface area contributed by atoms with Crippen LogP contribution in [0.4, 0.5) is 0 Å². The third-order valence-corrected chi connectivity index (χ3v) is 10.0. The van der Waals surface area contributed by atoms with Gasteiger partial charge in [-0.3, -0.25) is 0 Å². The molecule has 1 aromatic carbocycles. The van der Waals surface area contributed by atoms with Crippen molar-refractivity contribution in [1.29, 1.82) is 0 Å². The first-order valence-corrected chi connectivity index (χ1v) is 12.6. The van der Waals surface area contributed by atoms with Crippen LogP contribution < -0.4 is 0 Å². The fourth-order valence-corrected chi connectivity index (χ4v) is 8.54. The summed E-state index contributed by atoms with van der Waals surface area (Å²) >= 11 is 0. The van der Waals surface area contributed by atoms with Crippen LogP contribution in [0.3, 0.4) is 0 Å². The van der Waals surface area contributed by atoms with Gasteiger partial charge in [-0.2, -0.15) is 0 Å². The summed E-state index contributed by atoms with van der Waals surface area (Å²) in [7, 11) is -3.23. The summed E-state index contributed by atoms with van der Waals surface area (Å²) in [6.07, 6.45) is 9.31. The molecule has 0 saturated heterocycles. The van der Waals surface area contributed by atoms with Crippen LogP contribution in [0, 0.1) is 29.1 Å². The predicted molar refractivity (Wildman–Crippen MR) is 113 cm³/mol. The molecule has 0 N–H and O–H groups in total. The van der Waals surface area contributed by atoms with E-state index in [9.17, 15) is 8.42 Å². The number of fused-ring (bicyclic) bond motifs is 1. The van der Waals surface area contributed by atoms with Crippen molar-refractivity contribution in [2.45, 2.75) is 89.2 Å². The second-order valence-electron chi connectivity index (χ2n) is 9.89. The third kappa shape index (κ3) is 4.13. The minimum atomic E-state index is -3.23. The molecule has 0 spiro atoms. The highest BCUT2D eigenvalue weighted by Gasteiger charge is 2.55. The minimum Gasteiger partial charge on any atom is -0.223 e. The predicted octanol–water partition coefficient (Wildman–Crippen LogP) is 6.51. The summed E-state index contributed by atoms with van der Waals surface area (Å²) in [5.41, 5.74) is 0.196. The van der Waals surface area contributed by atoms with Crippen LogP contribution in [-0.2, 0) is 9.84 Å². The molecule has 2 saturated carbocycles. The van der Waals surface area contributed by atoms with Gasteiger partial charge < -0.3 is 0 Å². The third-order valence-electron chi connectivity index (χ3n) is 7.73. The zero-order chi connectivity index (χ0) is 19.7. The molecule has 2 aliphatic carbocycles. The van der Waals surface area contributed by atoms with Crippen LogP contribution in [0.25, 0.3) is 0 Å². The van der Waals surface area contributed by atoms with E-state index in [-0.39, 0.29) is 10.7 Å². The van der Waals surface area contributed by atoms with E-state index >= 15 is 0 Å². The number of rotatable bonds is 7. The molecule has 2 aliphatic rings. The zero-order valence-corrected chi connectivity index (χ0v) is 18.5.